The lowest BCUT2D eigenvalue weighted by Gasteiger charge is -2.50. The fourth-order valence-corrected chi connectivity index (χ4v) is 6.61. The fourth-order valence-electron chi connectivity index (χ4n) is 6.61. The third kappa shape index (κ3) is 4.77. The number of hydrogen-bond donors (Lipinski definition) is 0. The molecule has 34 heavy (non-hydrogen) atoms. The second kappa shape index (κ2) is 10.1. The van der Waals surface area contributed by atoms with Crippen molar-refractivity contribution in [2.75, 3.05) is 39.3 Å². The average Bonchev–Trinajstić information content (AvgIpc) is 3.38. The fraction of sp³-hybridized carbons (Fsp3) is 0.704. The van der Waals surface area contributed by atoms with Crippen LogP contribution in [-0.2, 0) is 21.4 Å². The zero-order valence-electron chi connectivity index (χ0n) is 20.5. The normalized spacial score (nSPS) is 23.7. The van der Waals surface area contributed by atoms with Crippen LogP contribution in [0, 0.1) is 0 Å². The molecule has 3 aliphatic heterocycles. The molecule has 0 radical (unpaired) electrons. The van der Waals surface area contributed by atoms with Crippen LogP contribution < -0.4 is 0 Å². The van der Waals surface area contributed by atoms with Crippen molar-refractivity contribution in [1.29, 1.82) is 0 Å². The standard InChI is InChI=1S/C27H39N3O4/c1-2-33-25(31)29-15-11-22(12-16-29)28-17-13-27(14-18-28)20-30(19-21-7-3-6-10-24(21)27)26(32)34-23-8-4-5-9-23/h3,6-7,10,22-23H,2,4-5,8-9,11-20H2,1H3. The quantitative estimate of drug-likeness (QED) is 0.651. The van der Waals surface area contributed by atoms with Crippen LogP contribution in [0.15, 0.2) is 24.3 Å². The number of carbonyl (C=O) groups excluding carboxylic acids is 2. The molecule has 3 heterocycles. The molecule has 0 atom stereocenters. The van der Waals surface area contributed by atoms with Crippen LogP contribution in [0.3, 0.4) is 0 Å². The number of piperidine rings is 2. The summed E-state index contributed by atoms with van der Waals surface area (Å²) in [6.07, 6.45) is 8.24. The number of ether oxygens (including phenoxy) is 2. The van der Waals surface area contributed by atoms with Crippen LogP contribution in [0.2, 0.25) is 0 Å². The van der Waals surface area contributed by atoms with E-state index >= 15 is 0 Å². The van der Waals surface area contributed by atoms with E-state index in [-0.39, 0.29) is 23.7 Å². The van der Waals surface area contributed by atoms with Crippen LogP contribution in [0.1, 0.15) is 69.4 Å². The third-order valence-corrected chi connectivity index (χ3v) is 8.53. The van der Waals surface area contributed by atoms with Gasteiger partial charge in [0.2, 0.25) is 0 Å². The van der Waals surface area contributed by atoms with Crippen molar-refractivity contribution < 1.29 is 19.1 Å². The van der Waals surface area contributed by atoms with Crippen molar-refractivity contribution in [3.63, 3.8) is 0 Å². The summed E-state index contributed by atoms with van der Waals surface area (Å²) in [7, 11) is 0. The number of hydrogen-bond acceptors (Lipinski definition) is 5. The maximum absolute atomic E-state index is 13.1. The Morgan fingerprint density at radius 2 is 1.65 bits per heavy atom. The smallest absolute Gasteiger partial charge is 0.410 e. The van der Waals surface area contributed by atoms with E-state index < -0.39 is 0 Å². The lowest BCUT2D eigenvalue weighted by atomic mass is 9.68. The van der Waals surface area contributed by atoms with Gasteiger partial charge >= 0.3 is 12.2 Å². The first-order valence-electron chi connectivity index (χ1n) is 13.3. The highest BCUT2D eigenvalue weighted by atomic mass is 16.6. The molecule has 1 aliphatic carbocycles. The Kier molecular flexibility index (Phi) is 7.00. The van der Waals surface area contributed by atoms with Crippen molar-refractivity contribution in [3.05, 3.63) is 35.4 Å². The Morgan fingerprint density at radius 1 is 0.941 bits per heavy atom. The van der Waals surface area contributed by atoms with E-state index in [1.165, 1.54) is 24.0 Å². The molecule has 1 saturated carbocycles. The first-order valence-corrected chi connectivity index (χ1v) is 13.3. The number of likely N-dealkylation sites (tertiary alicyclic amines) is 2. The zero-order chi connectivity index (χ0) is 23.5. The monoisotopic (exact) mass is 469 g/mol. The molecule has 0 bridgehead atoms. The van der Waals surface area contributed by atoms with Crippen molar-refractivity contribution in [3.8, 4) is 0 Å². The van der Waals surface area contributed by atoms with E-state index in [1.807, 2.05) is 16.7 Å². The highest BCUT2D eigenvalue weighted by Crippen LogP contribution is 2.43. The largest absolute Gasteiger partial charge is 0.450 e. The first-order chi connectivity index (χ1) is 16.6. The van der Waals surface area contributed by atoms with Gasteiger partial charge in [0.1, 0.15) is 6.10 Å². The molecular weight excluding hydrogens is 430 g/mol. The molecule has 7 nitrogen and oxygen atoms in total. The SMILES string of the molecule is CCOC(=O)N1CCC(N2CCC3(CC2)CN(C(=O)OC2CCCC2)Cc2ccccc23)CC1. The van der Waals surface area contributed by atoms with Crippen LogP contribution in [0.4, 0.5) is 9.59 Å². The predicted octanol–water partition coefficient (Wildman–Crippen LogP) is 4.54. The van der Waals surface area contributed by atoms with Crippen molar-refractivity contribution in [1.82, 2.24) is 14.7 Å². The van der Waals surface area contributed by atoms with Gasteiger partial charge in [-0.2, -0.15) is 0 Å². The molecule has 7 heteroatoms. The van der Waals surface area contributed by atoms with E-state index in [0.29, 0.717) is 19.2 Å². The van der Waals surface area contributed by atoms with Crippen molar-refractivity contribution in [2.24, 2.45) is 0 Å². The lowest BCUT2D eigenvalue weighted by Crippen LogP contribution is -2.56. The summed E-state index contributed by atoms with van der Waals surface area (Å²) < 4.78 is 11.1. The molecule has 186 valence electrons. The first kappa shape index (κ1) is 23.5. The van der Waals surface area contributed by atoms with Gasteiger partial charge in [-0.3, -0.25) is 0 Å². The second-order valence-corrected chi connectivity index (χ2v) is 10.5. The Balaban J connectivity index is 1.23. The van der Waals surface area contributed by atoms with Gasteiger partial charge in [-0.1, -0.05) is 24.3 Å². The lowest BCUT2D eigenvalue weighted by molar-refractivity contribution is 0.0281. The molecule has 3 fully saturated rings. The van der Waals surface area contributed by atoms with Gasteiger partial charge in [-0.05, 0) is 82.5 Å². The minimum absolute atomic E-state index is 0.00563. The number of carbonyl (C=O) groups is 2. The predicted molar refractivity (Wildman–Crippen MR) is 130 cm³/mol. The zero-order valence-corrected chi connectivity index (χ0v) is 20.5. The van der Waals surface area contributed by atoms with E-state index in [1.54, 1.807) is 0 Å². The van der Waals surface area contributed by atoms with Crippen molar-refractivity contribution in [2.45, 2.75) is 82.4 Å². The van der Waals surface area contributed by atoms with E-state index in [2.05, 4.69) is 29.2 Å². The number of benzene rings is 1. The number of fused-ring (bicyclic) bond motifs is 2. The molecule has 0 aromatic heterocycles. The maximum Gasteiger partial charge on any atom is 0.410 e. The minimum Gasteiger partial charge on any atom is -0.450 e. The molecule has 1 spiro atoms. The summed E-state index contributed by atoms with van der Waals surface area (Å²) in [5.74, 6) is 0. The highest BCUT2D eigenvalue weighted by Gasteiger charge is 2.45. The molecule has 1 aromatic carbocycles. The van der Waals surface area contributed by atoms with Gasteiger partial charge in [0, 0.05) is 37.6 Å². The molecule has 2 amide bonds. The minimum atomic E-state index is -0.179. The second-order valence-electron chi connectivity index (χ2n) is 10.5. The Hall–Kier alpha value is -2.28. The topological polar surface area (TPSA) is 62.3 Å². The molecule has 4 aliphatic rings. The highest BCUT2D eigenvalue weighted by molar-refractivity contribution is 5.69. The Bertz CT molecular complexity index is 868. The number of amides is 2. The van der Waals surface area contributed by atoms with Crippen LogP contribution in [-0.4, -0.2) is 78.4 Å². The average molecular weight is 470 g/mol. The van der Waals surface area contributed by atoms with Gasteiger partial charge in [0.25, 0.3) is 0 Å². The van der Waals surface area contributed by atoms with Gasteiger partial charge in [0.05, 0.1) is 6.61 Å². The summed E-state index contributed by atoms with van der Waals surface area (Å²) in [6, 6.07) is 9.21. The van der Waals surface area contributed by atoms with Crippen LogP contribution in [0.5, 0.6) is 0 Å². The Morgan fingerprint density at radius 3 is 2.35 bits per heavy atom. The van der Waals surface area contributed by atoms with Crippen molar-refractivity contribution >= 4 is 12.2 Å². The third-order valence-electron chi connectivity index (χ3n) is 8.53. The van der Waals surface area contributed by atoms with Gasteiger partial charge in [0.15, 0.2) is 0 Å². The summed E-state index contributed by atoms with van der Waals surface area (Å²) >= 11 is 0. The maximum atomic E-state index is 13.1. The molecule has 0 N–H and O–H groups in total. The summed E-state index contributed by atoms with van der Waals surface area (Å²) in [5, 5.41) is 0. The van der Waals surface area contributed by atoms with Gasteiger partial charge < -0.3 is 24.2 Å². The van der Waals surface area contributed by atoms with Gasteiger partial charge in [-0.25, -0.2) is 9.59 Å². The summed E-state index contributed by atoms with van der Waals surface area (Å²) in [5.41, 5.74) is 2.70. The molecule has 0 unspecified atom stereocenters. The summed E-state index contributed by atoms with van der Waals surface area (Å²) in [4.78, 5) is 31.6. The molecule has 1 aromatic rings. The summed E-state index contributed by atoms with van der Waals surface area (Å²) in [6.45, 7) is 7.30. The number of nitrogens with zero attached hydrogens (tertiary/aromatic N) is 3. The molecule has 5 rings (SSSR count). The van der Waals surface area contributed by atoms with E-state index in [9.17, 15) is 9.59 Å². The molecular formula is C27H39N3O4. The van der Waals surface area contributed by atoms with E-state index in [0.717, 1.165) is 71.2 Å². The number of rotatable bonds is 3. The van der Waals surface area contributed by atoms with Crippen LogP contribution in [0.25, 0.3) is 0 Å². The Labute approximate surface area is 203 Å². The van der Waals surface area contributed by atoms with Crippen LogP contribution >= 0.6 is 0 Å². The molecule has 2 saturated heterocycles. The van der Waals surface area contributed by atoms with E-state index in [4.69, 9.17) is 9.47 Å². The van der Waals surface area contributed by atoms with Gasteiger partial charge in [-0.15, -0.1) is 0 Å².